The molecule has 1 heterocycles. The van der Waals surface area contributed by atoms with E-state index in [2.05, 4.69) is 21.2 Å². The van der Waals surface area contributed by atoms with E-state index in [1.54, 1.807) is 7.11 Å². The Morgan fingerprint density at radius 1 is 1.17 bits per heavy atom. The molecule has 1 fully saturated rings. The summed E-state index contributed by atoms with van der Waals surface area (Å²) in [5.41, 5.74) is 1.18. The Balaban J connectivity index is 1.89. The monoisotopic (exact) mass is 311 g/mol. The third-order valence-electron chi connectivity index (χ3n) is 4.46. The average molecular weight is 311 g/mol. The molecular weight excluding hydrogens is 290 g/mol. The van der Waals surface area contributed by atoms with E-state index in [0.717, 1.165) is 24.3 Å². The predicted molar refractivity (Wildman–Crippen MR) is 87.9 cm³/mol. The van der Waals surface area contributed by atoms with E-state index < -0.39 is 0 Å². The molecule has 1 aromatic heterocycles. The first-order valence-electron chi connectivity index (χ1n) is 7.97. The summed E-state index contributed by atoms with van der Waals surface area (Å²) in [5, 5.41) is 18.3. The van der Waals surface area contributed by atoms with Crippen molar-refractivity contribution in [2.45, 2.75) is 38.1 Å². The maximum Gasteiger partial charge on any atom is 0.207 e. The van der Waals surface area contributed by atoms with Crippen molar-refractivity contribution >= 4 is 5.82 Å². The van der Waals surface area contributed by atoms with Crippen LogP contribution in [0.3, 0.4) is 0 Å². The van der Waals surface area contributed by atoms with Crippen molar-refractivity contribution in [2.75, 3.05) is 19.1 Å². The zero-order valence-corrected chi connectivity index (χ0v) is 13.6. The molecule has 0 aliphatic heterocycles. The van der Waals surface area contributed by atoms with Gasteiger partial charge < -0.3 is 9.64 Å². The minimum Gasteiger partial charge on any atom is -0.497 e. The highest BCUT2D eigenvalue weighted by Crippen LogP contribution is 2.27. The highest BCUT2D eigenvalue weighted by atomic mass is 16.5. The quantitative estimate of drug-likeness (QED) is 0.868. The zero-order chi connectivity index (χ0) is 16.2. The van der Waals surface area contributed by atoms with Gasteiger partial charge in [0.25, 0.3) is 0 Å². The first-order valence-corrected chi connectivity index (χ1v) is 7.97. The number of hydrogen-bond acceptors (Lipinski definition) is 5. The molecule has 0 amide bonds. The lowest BCUT2D eigenvalue weighted by Gasteiger charge is -2.31. The Bertz CT molecular complexity index is 695. The van der Waals surface area contributed by atoms with E-state index in [9.17, 15) is 5.26 Å². The van der Waals surface area contributed by atoms with Gasteiger partial charge in [-0.15, -0.1) is 15.0 Å². The van der Waals surface area contributed by atoms with Gasteiger partial charge in [0.15, 0.2) is 5.82 Å². The fourth-order valence-electron chi connectivity index (χ4n) is 3.08. The Morgan fingerprint density at radius 3 is 2.48 bits per heavy atom. The second-order valence-electron chi connectivity index (χ2n) is 5.87. The van der Waals surface area contributed by atoms with Gasteiger partial charge in [0.05, 0.1) is 12.8 Å². The minimum absolute atomic E-state index is 0.369. The number of rotatable bonds is 4. The van der Waals surface area contributed by atoms with Crippen molar-refractivity contribution < 1.29 is 4.74 Å². The molecule has 1 saturated carbocycles. The smallest absolute Gasteiger partial charge is 0.207 e. The van der Waals surface area contributed by atoms with Crippen LogP contribution in [-0.4, -0.2) is 35.2 Å². The third kappa shape index (κ3) is 3.14. The molecule has 0 saturated heterocycles. The molecule has 1 aromatic carbocycles. The molecular formula is C17H21N5O. The fraction of sp³-hybridized carbons (Fsp3) is 0.471. The van der Waals surface area contributed by atoms with Crippen LogP contribution in [0.5, 0.6) is 5.75 Å². The summed E-state index contributed by atoms with van der Waals surface area (Å²) in [6.07, 6.45) is 6.08. The van der Waals surface area contributed by atoms with Gasteiger partial charge in [0.2, 0.25) is 5.69 Å². The highest BCUT2D eigenvalue weighted by molar-refractivity contribution is 5.50. The lowest BCUT2D eigenvalue weighted by molar-refractivity contribution is 0.414. The highest BCUT2D eigenvalue weighted by Gasteiger charge is 2.24. The van der Waals surface area contributed by atoms with Crippen LogP contribution in [0.4, 0.5) is 5.82 Å². The van der Waals surface area contributed by atoms with Gasteiger partial charge in [0.1, 0.15) is 11.8 Å². The van der Waals surface area contributed by atoms with Crippen LogP contribution in [0.2, 0.25) is 0 Å². The molecule has 0 bridgehead atoms. The molecule has 6 nitrogen and oxygen atoms in total. The summed E-state index contributed by atoms with van der Waals surface area (Å²) in [7, 11) is 3.64. The van der Waals surface area contributed by atoms with Crippen LogP contribution in [0, 0.1) is 11.3 Å². The number of hydrogen-bond donors (Lipinski definition) is 0. The second kappa shape index (κ2) is 6.69. The number of anilines is 1. The Kier molecular flexibility index (Phi) is 4.47. The first kappa shape index (κ1) is 15.3. The van der Waals surface area contributed by atoms with Gasteiger partial charge in [-0.25, -0.2) is 0 Å². The number of ether oxygens (including phenoxy) is 1. The van der Waals surface area contributed by atoms with Crippen LogP contribution in [-0.2, 0) is 0 Å². The van der Waals surface area contributed by atoms with E-state index in [4.69, 9.17) is 4.74 Å². The van der Waals surface area contributed by atoms with Gasteiger partial charge >= 0.3 is 0 Å². The predicted octanol–water partition coefficient (Wildman–Crippen LogP) is 2.92. The molecule has 0 radical (unpaired) electrons. The molecule has 0 N–H and O–H groups in total. The van der Waals surface area contributed by atoms with E-state index in [0.29, 0.717) is 17.6 Å². The second-order valence-corrected chi connectivity index (χ2v) is 5.87. The molecule has 120 valence electrons. The standard InChI is InChI=1S/C17H21N5O/c1-21(13-6-4-3-5-7-13)17-16(12-18)19-22(20-17)14-8-10-15(23-2)11-9-14/h8-11,13H,3-7H2,1-2H3. The van der Waals surface area contributed by atoms with E-state index >= 15 is 0 Å². The number of aromatic nitrogens is 3. The van der Waals surface area contributed by atoms with Crippen LogP contribution < -0.4 is 9.64 Å². The summed E-state index contributed by atoms with van der Waals surface area (Å²) >= 11 is 0. The van der Waals surface area contributed by atoms with E-state index in [1.165, 1.54) is 24.1 Å². The molecule has 0 unspecified atom stereocenters. The third-order valence-corrected chi connectivity index (χ3v) is 4.46. The summed E-state index contributed by atoms with van der Waals surface area (Å²) in [5.74, 6) is 1.44. The van der Waals surface area contributed by atoms with Crippen molar-refractivity contribution in [1.82, 2.24) is 15.0 Å². The molecule has 3 rings (SSSR count). The molecule has 1 aliphatic rings. The molecule has 6 heteroatoms. The van der Waals surface area contributed by atoms with Crippen LogP contribution in [0.25, 0.3) is 5.69 Å². The van der Waals surface area contributed by atoms with Gasteiger partial charge in [0, 0.05) is 13.1 Å². The summed E-state index contributed by atoms with van der Waals surface area (Å²) in [4.78, 5) is 3.64. The molecule has 1 aliphatic carbocycles. The fourth-order valence-corrected chi connectivity index (χ4v) is 3.08. The van der Waals surface area contributed by atoms with Crippen LogP contribution >= 0.6 is 0 Å². The van der Waals surface area contributed by atoms with Crippen molar-refractivity contribution in [1.29, 1.82) is 5.26 Å². The topological polar surface area (TPSA) is 67.0 Å². The van der Waals surface area contributed by atoms with Crippen molar-refractivity contribution in [3.05, 3.63) is 30.0 Å². The zero-order valence-electron chi connectivity index (χ0n) is 13.6. The maximum absolute atomic E-state index is 9.40. The normalized spacial score (nSPS) is 15.2. The summed E-state index contributed by atoms with van der Waals surface area (Å²) in [6.45, 7) is 0. The number of methoxy groups -OCH3 is 1. The van der Waals surface area contributed by atoms with Gasteiger partial charge in [-0.1, -0.05) is 19.3 Å². The first-order chi connectivity index (χ1) is 11.2. The molecule has 23 heavy (non-hydrogen) atoms. The van der Waals surface area contributed by atoms with Crippen molar-refractivity contribution in [2.24, 2.45) is 0 Å². The largest absolute Gasteiger partial charge is 0.497 e. The van der Waals surface area contributed by atoms with Gasteiger partial charge in [-0.3, -0.25) is 0 Å². The molecule has 0 atom stereocenters. The van der Waals surface area contributed by atoms with Crippen molar-refractivity contribution in [3.63, 3.8) is 0 Å². The number of benzene rings is 1. The Morgan fingerprint density at radius 2 is 1.87 bits per heavy atom. The van der Waals surface area contributed by atoms with Crippen LogP contribution in [0.15, 0.2) is 24.3 Å². The average Bonchev–Trinajstić information content (AvgIpc) is 3.06. The molecule has 0 spiro atoms. The minimum atomic E-state index is 0.369. The van der Waals surface area contributed by atoms with E-state index in [1.807, 2.05) is 31.3 Å². The summed E-state index contributed by atoms with van der Waals surface area (Å²) < 4.78 is 5.16. The SMILES string of the molecule is COc1ccc(-n2nc(C#N)c(N(C)C3CCCCC3)n2)cc1. The van der Waals surface area contributed by atoms with Gasteiger partial charge in [-0.2, -0.15) is 5.26 Å². The lowest BCUT2D eigenvalue weighted by atomic mass is 9.94. The van der Waals surface area contributed by atoms with Crippen molar-refractivity contribution in [3.8, 4) is 17.5 Å². The van der Waals surface area contributed by atoms with Crippen LogP contribution in [0.1, 0.15) is 37.8 Å². The van der Waals surface area contributed by atoms with Gasteiger partial charge in [-0.05, 0) is 37.1 Å². The Labute approximate surface area is 136 Å². The summed E-state index contributed by atoms with van der Waals surface area (Å²) in [6, 6.07) is 10.1. The lowest BCUT2D eigenvalue weighted by Crippen LogP contribution is -2.34. The Hall–Kier alpha value is -2.55. The molecule has 2 aromatic rings. The number of nitrogens with zero attached hydrogens (tertiary/aromatic N) is 5. The number of nitriles is 1. The van der Waals surface area contributed by atoms with E-state index in [-0.39, 0.29) is 0 Å². The maximum atomic E-state index is 9.40.